The minimum absolute atomic E-state index is 0.0156. The summed E-state index contributed by atoms with van der Waals surface area (Å²) in [5.74, 6) is -41.0. The molecular formula is C64H46F16O4. The van der Waals surface area contributed by atoms with Crippen molar-refractivity contribution in [1.29, 1.82) is 0 Å². The van der Waals surface area contributed by atoms with Crippen LogP contribution in [0.1, 0.15) is 87.8 Å². The van der Waals surface area contributed by atoms with Crippen LogP contribution in [-0.4, -0.2) is 0 Å². The number of hydrogen-bond donors (Lipinski definition) is 0. The summed E-state index contributed by atoms with van der Waals surface area (Å²) in [5.41, 5.74) is -6.12. The van der Waals surface area contributed by atoms with E-state index in [0.29, 0.717) is 47.2 Å². The Labute approximate surface area is 470 Å². The highest BCUT2D eigenvalue weighted by atomic mass is 19.2. The molecule has 0 spiro atoms. The Morgan fingerprint density at radius 1 is 0.310 bits per heavy atom. The van der Waals surface area contributed by atoms with Crippen LogP contribution in [0.15, 0.2) is 110 Å². The Bertz CT molecular complexity index is 3500. The summed E-state index contributed by atoms with van der Waals surface area (Å²) in [7, 11) is 0. The van der Waals surface area contributed by atoms with Gasteiger partial charge in [0.1, 0.15) is 23.0 Å². The molecule has 0 saturated heterocycles. The molecule has 0 heterocycles. The van der Waals surface area contributed by atoms with E-state index in [-0.39, 0.29) is 23.3 Å². The van der Waals surface area contributed by atoms with E-state index in [1.807, 2.05) is 27.7 Å². The lowest BCUT2D eigenvalue weighted by atomic mass is 9.71. The van der Waals surface area contributed by atoms with Crippen molar-refractivity contribution >= 4 is 12.2 Å². The maximum absolute atomic E-state index is 15.9. The Morgan fingerprint density at radius 3 is 0.655 bits per heavy atom. The van der Waals surface area contributed by atoms with Crippen molar-refractivity contribution in [2.45, 2.75) is 65.2 Å². The van der Waals surface area contributed by atoms with Crippen molar-refractivity contribution < 1.29 is 89.2 Å². The number of benzene rings is 8. The Morgan fingerprint density at radius 2 is 0.488 bits per heavy atom. The smallest absolute Gasteiger partial charge is 0.205 e. The molecule has 0 aliphatic rings. The molecule has 0 saturated carbocycles. The normalized spacial score (nSPS) is 13.0. The number of hydrogen-bond acceptors (Lipinski definition) is 4. The summed E-state index contributed by atoms with van der Waals surface area (Å²) in [6, 6.07) is 21.4. The first-order chi connectivity index (χ1) is 39.6. The summed E-state index contributed by atoms with van der Waals surface area (Å²) in [6.45, 7) is 17.4. The van der Waals surface area contributed by atoms with E-state index in [9.17, 15) is 35.1 Å². The summed E-state index contributed by atoms with van der Waals surface area (Å²) < 4.78 is 264. The molecule has 0 N–H and O–H groups in total. The Hall–Kier alpha value is -8.68. The fourth-order valence-electron chi connectivity index (χ4n) is 10.1. The van der Waals surface area contributed by atoms with Crippen LogP contribution in [-0.2, 0) is 10.8 Å². The molecule has 2 atom stereocenters. The van der Waals surface area contributed by atoms with Gasteiger partial charge in [-0.25, -0.2) is 35.1 Å². The number of rotatable bonds is 19. The van der Waals surface area contributed by atoms with Crippen LogP contribution in [0.4, 0.5) is 70.2 Å². The molecular weight excluding hydrogens is 1140 g/mol. The van der Waals surface area contributed by atoms with E-state index in [1.54, 1.807) is 13.8 Å². The van der Waals surface area contributed by atoms with E-state index in [1.165, 1.54) is 72.8 Å². The van der Waals surface area contributed by atoms with Gasteiger partial charge in [-0.3, -0.25) is 0 Å². The maximum Gasteiger partial charge on any atom is 0.205 e. The monoisotopic (exact) mass is 1180 g/mol. The molecule has 8 aromatic carbocycles. The van der Waals surface area contributed by atoms with Gasteiger partial charge in [0.25, 0.3) is 0 Å². The zero-order chi connectivity index (χ0) is 61.6. The van der Waals surface area contributed by atoms with Gasteiger partial charge in [0.15, 0.2) is 46.5 Å². The second kappa shape index (κ2) is 23.9. The van der Waals surface area contributed by atoms with Gasteiger partial charge in [-0.15, -0.1) is 0 Å². The molecule has 0 bridgehead atoms. The van der Waals surface area contributed by atoms with E-state index >= 15 is 35.1 Å². The summed E-state index contributed by atoms with van der Waals surface area (Å²) >= 11 is 0. The van der Waals surface area contributed by atoms with Crippen LogP contribution in [0.5, 0.6) is 46.0 Å². The molecule has 84 heavy (non-hydrogen) atoms. The zero-order valence-corrected chi connectivity index (χ0v) is 45.1. The van der Waals surface area contributed by atoms with Crippen LogP contribution in [0.3, 0.4) is 0 Å². The average molecular weight is 1180 g/mol. The van der Waals surface area contributed by atoms with Crippen LogP contribution in [0.2, 0.25) is 0 Å². The molecule has 0 aliphatic carbocycles. The standard InChI is InChI=1S/C64H46F16O4/c1-9-39-43(65)51(73)59(52(74)44(39)66)81-35-19-11-31(12-20-35)63(7,27-29(3)4)33-15-23-37(24-16-33)83-61-55(77)47(69)41(48(70)56(61)78)42-49(71)57(79)62(58(80)50(42)72)84-38-25-17-34(18-26-38)64(8,28-30(5)6)32-13-21-36(22-14-32)82-60-53(75)45(67)40(10-2)46(68)54(60)76/h9-26,29-30H,1-2,27-28H2,3-8H3. The van der Waals surface area contributed by atoms with E-state index < -0.39 is 161 Å². The van der Waals surface area contributed by atoms with Gasteiger partial charge in [0.2, 0.25) is 69.5 Å². The fourth-order valence-corrected chi connectivity index (χ4v) is 10.1. The minimum Gasteiger partial charge on any atom is -0.451 e. The Balaban J connectivity index is 1.02. The number of halogens is 16. The van der Waals surface area contributed by atoms with Crippen LogP contribution in [0, 0.1) is 105 Å². The van der Waals surface area contributed by atoms with Gasteiger partial charge in [0.05, 0.1) is 22.3 Å². The highest BCUT2D eigenvalue weighted by molar-refractivity contribution is 5.70. The SMILES string of the molecule is C=Cc1c(F)c(F)c(Oc2ccc(C(C)(CC(C)C)c3ccc(Oc4c(F)c(F)c(-c5c(F)c(F)c(Oc6ccc(C(C)(CC(C)C)c7ccc(Oc8c(F)c(F)c(C=C)c(F)c8F)cc7)cc6)c(F)c5F)c(F)c4F)cc3)cc2)c(F)c1F. The fraction of sp³-hybridized carbons (Fsp3) is 0.188. The molecule has 20 heteroatoms. The predicted molar refractivity (Wildman–Crippen MR) is 282 cm³/mol. The van der Waals surface area contributed by atoms with Gasteiger partial charge >= 0.3 is 0 Å². The average Bonchev–Trinajstić information content (AvgIpc) is 1.34. The van der Waals surface area contributed by atoms with Crippen molar-refractivity contribution in [3.05, 3.63) is 237 Å². The molecule has 0 aliphatic heterocycles. The molecule has 0 aromatic heterocycles. The molecule has 8 aromatic rings. The summed E-state index contributed by atoms with van der Waals surface area (Å²) in [5, 5.41) is 0. The van der Waals surface area contributed by atoms with Crippen molar-refractivity contribution in [2.24, 2.45) is 11.8 Å². The second-order valence-corrected chi connectivity index (χ2v) is 20.7. The first kappa shape index (κ1) is 61.4. The van der Waals surface area contributed by atoms with Crippen molar-refractivity contribution in [2.75, 3.05) is 0 Å². The third kappa shape index (κ3) is 11.2. The lowest BCUT2D eigenvalue weighted by Crippen LogP contribution is -2.25. The van der Waals surface area contributed by atoms with Gasteiger partial charge in [-0.1, -0.05) is 115 Å². The summed E-state index contributed by atoms with van der Waals surface area (Å²) in [4.78, 5) is 0. The Kier molecular flexibility index (Phi) is 17.5. The molecule has 8 rings (SSSR count). The van der Waals surface area contributed by atoms with Gasteiger partial charge < -0.3 is 18.9 Å². The maximum atomic E-state index is 15.9. The molecule has 0 radical (unpaired) electrons. The highest BCUT2D eigenvalue weighted by Crippen LogP contribution is 2.47. The van der Waals surface area contributed by atoms with Gasteiger partial charge in [0, 0.05) is 10.8 Å². The third-order valence-electron chi connectivity index (χ3n) is 14.1. The van der Waals surface area contributed by atoms with Gasteiger partial charge in [-0.05, 0) is 95.5 Å². The van der Waals surface area contributed by atoms with Crippen molar-refractivity contribution in [3.8, 4) is 57.1 Å². The zero-order valence-electron chi connectivity index (χ0n) is 45.1. The van der Waals surface area contributed by atoms with E-state index in [4.69, 9.17) is 18.9 Å². The third-order valence-corrected chi connectivity index (χ3v) is 14.1. The second-order valence-electron chi connectivity index (χ2n) is 20.7. The van der Waals surface area contributed by atoms with Crippen LogP contribution < -0.4 is 18.9 Å². The van der Waals surface area contributed by atoms with Crippen molar-refractivity contribution in [3.63, 3.8) is 0 Å². The molecule has 2 unspecified atom stereocenters. The van der Waals surface area contributed by atoms with Gasteiger partial charge in [-0.2, -0.15) is 35.1 Å². The van der Waals surface area contributed by atoms with Crippen LogP contribution >= 0.6 is 0 Å². The highest BCUT2D eigenvalue weighted by Gasteiger charge is 2.38. The first-order valence-electron chi connectivity index (χ1n) is 25.4. The largest absolute Gasteiger partial charge is 0.451 e. The van der Waals surface area contributed by atoms with Crippen molar-refractivity contribution in [1.82, 2.24) is 0 Å². The first-order valence-corrected chi connectivity index (χ1v) is 25.4. The van der Waals surface area contributed by atoms with E-state index in [2.05, 4.69) is 13.2 Å². The molecule has 438 valence electrons. The quantitative estimate of drug-likeness (QED) is 0.0597. The predicted octanol–water partition coefficient (Wildman–Crippen LogP) is 20.7. The van der Waals surface area contributed by atoms with E-state index in [0.717, 1.165) is 24.3 Å². The molecule has 0 fully saturated rings. The lowest BCUT2D eigenvalue weighted by Gasteiger charge is -2.33. The molecule has 4 nitrogen and oxygen atoms in total. The topological polar surface area (TPSA) is 36.9 Å². The number of ether oxygens (including phenoxy) is 4. The minimum atomic E-state index is -2.51. The lowest BCUT2D eigenvalue weighted by molar-refractivity contribution is 0.360. The molecule has 0 amide bonds. The summed E-state index contributed by atoms with van der Waals surface area (Å²) in [6.07, 6.45) is 2.02. The van der Waals surface area contributed by atoms with Crippen LogP contribution in [0.25, 0.3) is 23.3 Å².